The molecule has 0 saturated heterocycles. The molecule has 0 heterocycles. The third-order valence-corrected chi connectivity index (χ3v) is 7.05. The van der Waals surface area contributed by atoms with Crippen molar-refractivity contribution >= 4 is 23.7 Å². The van der Waals surface area contributed by atoms with Crippen LogP contribution in [0.25, 0.3) is 11.1 Å². The van der Waals surface area contributed by atoms with Crippen LogP contribution in [0.15, 0.2) is 66.7 Å². The average molecular weight is 434 g/mol. The van der Waals surface area contributed by atoms with Gasteiger partial charge in [0.1, 0.15) is 0 Å². The van der Waals surface area contributed by atoms with Gasteiger partial charge in [-0.2, -0.15) is 0 Å². The summed E-state index contributed by atoms with van der Waals surface area (Å²) in [5.74, 6) is 0. The summed E-state index contributed by atoms with van der Waals surface area (Å²) in [7, 11) is -1.53. The summed E-state index contributed by atoms with van der Waals surface area (Å²) in [4.78, 5) is 0. The molecule has 33 heavy (non-hydrogen) atoms. The molecule has 2 aliphatic carbocycles. The van der Waals surface area contributed by atoms with Crippen molar-refractivity contribution in [2.45, 2.75) is 52.4 Å². The van der Waals surface area contributed by atoms with Crippen LogP contribution in [0.3, 0.4) is 0 Å². The molecule has 2 nitrogen and oxygen atoms in total. The highest BCUT2D eigenvalue weighted by molar-refractivity contribution is 6.61. The van der Waals surface area contributed by atoms with Gasteiger partial charge in [-0.15, -0.1) is 0 Å². The molecule has 0 fully saturated rings. The summed E-state index contributed by atoms with van der Waals surface area (Å²) in [5, 5.41) is 21.7. The summed E-state index contributed by atoms with van der Waals surface area (Å²) in [6, 6.07) is 19.5. The van der Waals surface area contributed by atoms with Crippen molar-refractivity contribution in [2.24, 2.45) is 0 Å². The molecule has 0 saturated carbocycles. The van der Waals surface area contributed by atoms with E-state index in [1.165, 1.54) is 22.3 Å². The zero-order chi connectivity index (χ0) is 22.9. The van der Waals surface area contributed by atoms with Crippen LogP contribution < -0.4 is 5.46 Å². The van der Waals surface area contributed by atoms with Gasteiger partial charge in [-0.1, -0.05) is 77.9 Å². The van der Waals surface area contributed by atoms with Crippen LogP contribution in [0.1, 0.15) is 70.2 Å². The molecule has 166 valence electrons. The molecule has 0 unspecified atom stereocenters. The number of hydrogen-bond donors (Lipinski definition) is 2. The van der Waals surface area contributed by atoms with E-state index in [1.807, 2.05) is 0 Å². The van der Waals surface area contributed by atoms with Gasteiger partial charge in [-0.05, 0) is 102 Å². The first-order valence-electron chi connectivity index (χ1n) is 12.1. The van der Waals surface area contributed by atoms with Gasteiger partial charge in [0.05, 0.1) is 0 Å². The SMILES string of the molecule is Cc1ccc(C2=CCCCc3cc4c(c(B(O)O)c32)C(c2ccc(C)cc2)=CCCC4)cc1. The Morgan fingerprint density at radius 2 is 1.06 bits per heavy atom. The minimum absolute atomic E-state index is 0.671. The van der Waals surface area contributed by atoms with Crippen molar-refractivity contribution < 1.29 is 10.0 Å². The molecule has 3 heteroatoms. The molecule has 0 bridgehead atoms. The lowest BCUT2D eigenvalue weighted by molar-refractivity contribution is 0.425. The van der Waals surface area contributed by atoms with Gasteiger partial charge in [0.2, 0.25) is 0 Å². The number of benzene rings is 3. The summed E-state index contributed by atoms with van der Waals surface area (Å²) in [6.07, 6.45) is 10.6. The standard InChI is InChI=1S/C30H31BO2/c1-20-11-15-22(16-12-20)26-9-5-3-7-24-19-25-8-4-6-10-27(23-17-13-21(2)14-18-23)29(25)30(28(24)26)31(32)33/h9-19,32-33H,3-8H2,1-2H3. The first-order valence-corrected chi connectivity index (χ1v) is 12.1. The van der Waals surface area contributed by atoms with E-state index in [0.717, 1.165) is 71.9 Å². The molecule has 2 N–H and O–H groups in total. The van der Waals surface area contributed by atoms with Gasteiger partial charge < -0.3 is 10.0 Å². The lowest BCUT2D eigenvalue weighted by Crippen LogP contribution is -2.38. The third-order valence-electron chi connectivity index (χ3n) is 7.05. The Labute approximate surface area is 197 Å². The molecule has 3 aromatic rings. The smallest absolute Gasteiger partial charge is 0.423 e. The molecule has 0 spiro atoms. The van der Waals surface area contributed by atoms with Crippen molar-refractivity contribution in [3.63, 3.8) is 0 Å². The fraction of sp³-hybridized carbons (Fsp3) is 0.267. The summed E-state index contributed by atoms with van der Waals surface area (Å²) in [5.41, 5.74) is 12.2. The largest absolute Gasteiger partial charge is 0.489 e. The van der Waals surface area contributed by atoms with Crippen LogP contribution in [0, 0.1) is 13.8 Å². The van der Waals surface area contributed by atoms with Gasteiger partial charge in [0.15, 0.2) is 0 Å². The minimum Gasteiger partial charge on any atom is -0.423 e. The van der Waals surface area contributed by atoms with E-state index in [1.54, 1.807) is 0 Å². The number of fused-ring (bicyclic) bond motifs is 2. The Morgan fingerprint density at radius 3 is 1.45 bits per heavy atom. The third kappa shape index (κ3) is 4.24. The van der Waals surface area contributed by atoms with Crippen LogP contribution >= 0.6 is 0 Å². The van der Waals surface area contributed by atoms with Gasteiger partial charge in [0.25, 0.3) is 0 Å². The molecular weight excluding hydrogens is 403 g/mol. The fourth-order valence-electron chi connectivity index (χ4n) is 5.39. The average Bonchev–Trinajstić information content (AvgIpc) is 3.15. The van der Waals surface area contributed by atoms with Gasteiger partial charge in [-0.3, -0.25) is 0 Å². The zero-order valence-electron chi connectivity index (χ0n) is 19.6. The maximum atomic E-state index is 10.8. The molecule has 5 rings (SSSR count). The van der Waals surface area contributed by atoms with Gasteiger partial charge in [-0.25, -0.2) is 0 Å². The molecular formula is C30H31BO2. The molecule has 2 aliphatic rings. The maximum absolute atomic E-state index is 10.8. The highest BCUT2D eigenvalue weighted by Crippen LogP contribution is 2.37. The Kier molecular flexibility index (Phi) is 6.10. The number of hydrogen-bond acceptors (Lipinski definition) is 2. The van der Waals surface area contributed by atoms with Gasteiger partial charge in [0, 0.05) is 0 Å². The first-order chi connectivity index (χ1) is 16.0. The Bertz CT molecular complexity index is 1140. The second-order valence-corrected chi connectivity index (χ2v) is 9.48. The van der Waals surface area contributed by atoms with Crippen molar-refractivity contribution in [3.8, 4) is 0 Å². The summed E-state index contributed by atoms with van der Waals surface area (Å²) >= 11 is 0. The molecule has 3 aromatic carbocycles. The lowest BCUT2D eigenvalue weighted by atomic mass is 9.66. The second kappa shape index (κ2) is 9.17. The van der Waals surface area contributed by atoms with Crippen molar-refractivity contribution in [1.82, 2.24) is 0 Å². The van der Waals surface area contributed by atoms with Crippen LogP contribution in [-0.4, -0.2) is 17.2 Å². The van der Waals surface area contributed by atoms with Crippen molar-refractivity contribution in [1.29, 1.82) is 0 Å². The highest BCUT2D eigenvalue weighted by atomic mass is 16.4. The van der Waals surface area contributed by atoms with Crippen molar-refractivity contribution in [3.05, 3.63) is 111 Å². The van der Waals surface area contributed by atoms with Crippen LogP contribution in [0.4, 0.5) is 0 Å². The number of rotatable bonds is 3. The molecule has 0 atom stereocenters. The number of allylic oxidation sites excluding steroid dienone is 2. The van der Waals surface area contributed by atoms with Gasteiger partial charge >= 0.3 is 7.12 Å². The molecule has 0 aromatic heterocycles. The lowest BCUT2D eigenvalue weighted by Gasteiger charge is -2.24. The normalized spacial score (nSPS) is 15.5. The Morgan fingerprint density at radius 1 is 0.636 bits per heavy atom. The molecule has 0 amide bonds. The minimum atomic E-state index is -1.53. The highest BCUT2D eigenvalue weighted by Gasteiger charge is 2.31. The van der Waals surface area contributed by atoms with E-state index in [9.17, 15) is 10.0 Å². The summed E-state index contributed by atoms with van der Waals surface area (Å²) < 4.78 is 0. The zero-order valence-corrected chi connectivity index (χ0v) is 19.6. The van der Waals surface area contributed by atoms with Crippen LogP contribution in [0.5, 0.6) is 0 Å². The predicted molar refractivity (Wildman–Crippen MR) is 139 cm³/mol. The molecule has 0 aliphatic heterocycles. The van der Waals surface area contributed by atoms with E-state index >= 15 is 0 Å². The van der Waals surface area contributed by atoms with E-state index in [0.29, 0.717) is 5.46 Å². The van der Waals surface area contributed by atoms with Crippen molar-refractivity contribution in [2.75, 3.05) is 0 Å². The van der Waals surface area contributed by atoms with E-state index in [2.05, 4.69) is 80.6 Å². The molecule has 0 radical (unpaired) electrons. The predicted octanol–water partition coefficient (Wildman–Crippen LogP) is 5.52. The summed E-state index contributed by atoms with van der Waals surface area (Å²) in [6.45, 7) is 4.20. The van der Waals surface area contributed by atoms with E-state index in [4.69, 9.17) is 0 Å². The fourth-order valence-corrected chi connectivity index (χ4v) is 5.39. The van der Waals surface area contributed by atoms with Crippen LogP contribution in [-0.2, 0) is 12.8 Å². The quantitative estimate of drug-likeness (QED) is 0.533. The monoisotopic (exact) mass is 434 g/mol. The topological polar surface area (TPSA) is 40.5 Å². The number of aryl methyl sites for hydroxylation is 4. The van der Waals surface area contributed by atoms with E-state index < -0.39 is 7.12 Å². The van der Waals surface area contributed by atoms with E-state index in [-0.39, 0.29) is 0 Å². The van der Waals surface area contributed by atoms with Crippen LogP contribution in [0.2, 0.25) is 0 Å². The Balaban J connectivity index is 1.80. The second-order valence-electron chi connectivity index (χ2n) is 9.48. The maximum Gasteiger partial charge on any atom is 0.489 e. The Hall–Kier alpha value is -2.88. The first kappa shape index (κ1) is 21.9.